The van der Waals surface area contributed by atoms with Crippen LogP contribution in [0.1, 0.15) is 27.8 Å². The zero-order chi connectivity index (χ0) is 33.6. The van der Waals surface area contributed by atoms with Gasteiger partial charge in [-0.2, -0.15) is 0 Å². The van der Waals surface area contributed by atoms with Crippen molar-refractivity contribution in [2.24, 2.45) is 0 Å². The van der Waals surface area contributed by atoms with Gasteiger partial charge in [0.05, 0.1) is 0 Å². The van der Waals surface area contributed by atoms with E-state index in [0.29, 0.717) is 0 Å². The van der Waals surface area contributed by atoms with Crippen molar-refractivity contribution in [1.29, 1.82) is 0 Å². The van der Waals surface area contributed by atoms with Gasteiger partial charge in [-0.15, -0.1) is 0 Å². The van der Waals surface area contributed by atoms with E-state index in [0.717, 1.165) is 45.3 Å². The molecule has 0 N–H and O–H groups in total. The second-order valence-corrected chi connectivity index (χ2v) is 12.6. The van der Waals surface area contributed by atoms with Gasteiger partial charge >= 0.3 is 0 Å². The number of benzene rings is 7. The number of nitrogens with zero attached hydrogens (tertiary/aromatic N) is 2. The lowest BCUT2D eigenvalue weighted by atomic mass is 10.0. The minimum absolute atomic E-state index is 1.12. The fourth-order valence-corrected chi connectivity index (χ4v) is 6.07. The summed E-state index contributed by atoms with van der Waals surface area (Å²) in [6.45, 7) is 6.38. The van der Waals surface area contributed by atoms with Crippen LogP contribution in [0.15, 0.2) is 176 Å². The second kappa shape index (κ2) is 14.3. The fraction of sp³-hybridized carbons (Fsp3) is 0.0638. The predicted octanol–water partition coefficient (Wildman–Crippen LogP) is 13.4. The van der Waals surface area contributed by atoms with Gasteiger partial charge in [-0.25, -0.2) is 0 Å². The van der Waals surface area contributed by atoms with Gasteiger partial charge in [-0.05, 0) is 116 Å². The van der Waals surface area contributed by atoms with E-state index < -0.39 is 0 Å². The van der Waals surface area contributed by atoms with Crippen LogP contribution in [0.25, 0.3) is 23.3 Å². The number of rotatable bonds is 9. The lowest BCUT2D eigenvalue weighted by Crippen LogP contribution is -2.09. The molecule has 0 saturated heterocycles. The Morgan fingerprint density at radius 3 is 0.878 bits per heavy atom. The normalized spacial score (nSPS) is 11.1. The van der Waals surface area contributed by atoms with E-state index in [1.165, 1.54) is 27.8 Å². The summed E-state index contributed by atoms with van der Waals surface area (Å²) in [6.07, 6.45) is 4.36. The summed E-state index contributed by atoms with van der Waals surface area (Å²) in [6, 6.07) is 63.0. The van der Waals surface area contributed by atoms with Crippen LogP contribution in [-0.2, 0) is 0 Å². The van der Waals surface area contributed by atoms with Crippen molar-refractivity contribution in [3.05, 3.63) is 204 Å². The molecule has 0 spiro atoms. The topological polar surface area (TPSA) is 6.48 Å². The van der Waals surface area contributed by atoms with Crippen LogP contribution < -0.4 is 9.80 Å². The Labute approximate surface area is 290 Å². The maximum absolute atomic E-state index is 2.31. The van der Waals surface area contributed by atoms with Crippen molar-refractivity contribution in [3.63, 3.8) is 0 Å². The molecule has 0 amide bonds. The molecule has 2 heteroatoms. The highest BCUT2D eigenvalue weighted by Gasteiger charge is 2.14. The average Bonchev–Trinajstić information content (AvgIpc) is 3.15. The summed E-state index contributed by atoms with van der Waals surface area (Å²) < 4.78 is 0. The maximum Gasteiger partial charge on any atom is 0.0462 e. The third-order valence-corrected chi connectivity index (χ3v) is 8.88. The van der Waals surface area contributed by atoms with E-state index in [4.69, 9.17) is 0 Å². The highest BCUT2D eigenvalue weighted by molar-refractivity contribution is 5.81. The molecule has 0 aliphatic carbocycles. The molecule has 0 heterocycles. The van der Waals surface area contributed by atoms with Crippen LogP contribution in [-0.4, -0.2) is 0 Å². The van der Waals surface area contributed by atoms with Gasteiger partial charge < -0.3 is 9.80 Å². The van der Waals surface area contributed by atoms with Crippen LogP contribution in [0, 0.1) is 20.8 Å². The smallest absolute Gasteiger partial charge is 0.0462 e. The van der Waals surface area contributed by atoms with Crippen molar-refractivity contribution >= 4 is 46.3 Å². The predicted molar refractivity (Wildman–Crippen MR) is 211 cm³/mol. The molecule has 49 heavy (non-hydrogen) atoms. The first-order valence-electron chi connectivity index (χ1n) is 16.8. The molecule has 238 valence electrons. The first-order valence-corrected chi connectivity index (χ1v) is 16.8. The first-order chi connectivity index (χ1) is 24.0. The Kier molecular flexibility index (Phi) is 9.21. The number of hydrogen-bond acceptors (Lipinski definition) is 2. The molecule has 2 nitrogen and oxygen atoms in total. The van der Waals surface area contributed by atoms with Crippen molar-refractivity contribution in [1.82, 2.24) is 0 Å². The van der Waals surface area contributed by atoms with Crippen molar-refractivity contribution in [3.8, 4) is 11.1 Å². The molecule has 0 aromatic heterocycles. The maximum atomic E-state index is 2.31. The van der Waals surface area contributed by atoms with Crippen molar-refractivity contribution < 1.29 is 0 Å². The van der Waals surface area contributed by atoms with E-state index in [2.05, 4.69) is 219 Å². The first kappa shape index (κ1) is 31.5. The quantitative estimate of drug-likeness (QED) is 0.146. The van der Waals surface area contributed by atoms with E-state index in [1.54, 1.807) is 0 Å². The summed E-state index contributed by atoms with van der Waals surface area (Å²) >= 11 is 0. The van der Waals surface area contributed by atoms with Gasteiger partial charge in [-0.3, -0.25) is 0 Å². The zero-order valence-electron chi connectivity index (χ0n) is 28.3. The molecule has 7 rings (SSSR count). The zero-order valence-corrected chi connectivity index (χ0v) is 28.3. The Morgan fingerprint density at radius 1 is 0.286 bits per heavy atom. The van der Waals surface area contributed by atoms with Crippen LogP contribution >= 0.6 is 0 Å². The molecule has 0 fully saturated rings. The number of aryl methyl sites for hydroxylation is 3. The molecule has 0 aliphatic rings. The van der Waals surface area contributed by atoms with Gasteiger partial charge in [0.1, 0.15) is 0 Å². The minimum atomic E-state index is 1.12. The van der Waals surface area contributed by atoms with Crippen LogP contribution in [0.3, 0.4) is 0 Å². The molecule has 0 unspecified atom stereocenters. The standard InChI is InChI=1S/C47H40N2/c1-35-9-23-42(24-10-35)48(43-25-11-36(2)12-26-43)45-29-17-38(18-30-45)15-16-39-19-31-46(32-20-39)49(44-27-13-37(3)14-28-44)47-33-21-41(22-34-47)40-7-5-4-6-8-40/h4-34H,1-3H3. The molecule has 0 aliphatic heterocycles. The van der Waals surface area contributed by atoms with E-state index in [1.807, 2.05) is 0 Å². The monoisotopic (exact) mass is 632 g/mol. The van der Waals surface area contributed by atoms with Gasteiger partial charge in [0.2, 0.25) is 0 Å². The molecule has 0 saturated carbocycles. The van der Waals surface area contributed by atoms with Crippen LogP contribution in [0.2, 0.25) is 0 Å². The molecular weight excluding hydrogens is 593 g/mol. The summed E-state index contributed by atoms with van der Waals surface area (Å²) in [4.78, 5) is 4.62. The molecule has 0 bridgehead atoms. The average molecular weight is 633 g/mol. The highest BCUT2D eigenvalue weighted by atomic mass is 15.1. The van der Waals surface area contributed by atoms with Gasteiger partial charge in [0.25, 0.3) is 0 Å². The Hall–Kier alpha value is -6.12. The summed E-state index contributed by atoms with van der Waals surface area (Å²) in [5, 5.41) is 0. The minimum Gasteiger partial charge on any atom is -0.311 e. The van der Waals surface area contributed by atoms with Gasteiger partial charge in [0, 0.05) is 34.1 Å². The molecule has 0 radical (unpaired) electrons. The van der Waals surface area contributed by atoms with E-state index in [9.17, 15) is 0 Å². The third kappa shape index (κ3) is 7.40. The lowest BCUT2D eigenvalue weighted by molar-refractivity contribution is 1.27. The summed E-state index contributed by atoms with van der Waals surface area (Å²) in [7, 11) is 0. The van der Waals surface area contributed by atoms with Crippen molar-refractivity contribution in [2.45, 2.75) is 20.8 Å². The fourth-order valence-electron chi connectivity index (χ4n) is 6.07. The summed E-state index contributed by atoms with van der Waals surface area (Å²) in [5.41, 5.74) is 15.3. The summed E-state index contributed by atoms with van der Waals surface area (Å²) in [5.74, 6) is 0. The Morgan fingerprint density at radius 2 is 0.551 bits per heavy atom. The van der Waals surface area contributed by atoms with Crippen molar-refractivity contribution in [2.75, 3.05) is 9.80 Å². The van der Waals surface area contributed by atoms with Crippen LogP contribution in [0.5, 0.6) is 0 Å². The largest absolute Gasteiger partial charge is 0.311 e. The highest BCUT2D eigenvalue weighted by Crippen LogP contribution is 2.37. The number of anilines is 6. The lowest BCUT2D eigenvalue weighted by Gasteiger charge is -2.26. The SMILES string of the molecule is Cc1ccc(N(c2ccc(C)cc2)c2ccc(C=Cc3ccc(N(c4ccc(C)cc4)c4ccc(-c5ccccc5)cc4)cc3)cc2)cc1. The van der Waals surface area contributed by atoms with E-state index in [-0.39, 0.29) is 0 Å². The molecule has 0 atom stereocenters. The molecule has 7 aromatic rings. The van der Waals surface area contributed by atoms with Gasteiger partial charge in [0.15, 0.2) is 0 Å². The Bertz CT molecular complexity index is 2080. The molecular formula is C47H40N2. The Balaban J connectivity index is 1.12. The van der Waals surface area contributed by atoms with E-state index >= 15 is 0 Å². The molecule has 7 aromatic carbocycles. The second-order valence-electron chi connectivity index (χ2n) is 12.6. The number of hydrogen-bond donors (Lipinski definition) is 0. The third-order valence-electron chi connectivity index (χ3n) is 8.88. The van der Waals surface area contributed by atoms with Gasteiger partial charge in [-0.1, -0.05) is 132 Å². The van der Waals surface area contributed by atoms with Crippen LogP contribution in [0.4, 0.5) is 34.1 Å².